The van der Waals surface area contributed by atoms with Crippen molar-refractivity contribution in [1.82, 2.24) is 9.13 Å². The normalized spacial score (nSPS) is 12.5. The molecule has 17 rings (SSSR count). The van der Waals surface area contributed by atoms with Gasteiger partial charge in [0.2, 0.25) is 0 Å². The van der Waals surface area contributed by atoms with Gasteiger partial charge in [0, 0.05) is 66.8 Å². The summed E-state index contributed by atoms with van der Waals surface area (Å²) in [6.45, 7) is -0.130. The second-order valence-electron chi connectivity index (χ2n) is 21.9. The third kappa shape index (κ3) is 7.28. The SMILES string of the molecule is c1ccc(-c2ccc(N3c4cccc5c4B(c4ccc(-n6c7ccccc7c7ccccc76)cc4N5c4cccc(-c5ccccc5)c4)c4ccc5c(c43)c3ccccc3n5-c3c(-c4ccccc4)cccc3-c3ccccc3)cc2)cc1. The van der Waals surface area contributed by atoms with Crippen molar-refractivity contribution in [2.75, 3.05) is 9.80 Å². The molecule has 4 heterocycles. The van der Waals surface area contributed by atoms with Gasteiger partial charge in [-0.2, -0.15) is 0 Å². The molecule has 5 heteroatoms. The molecule has 2 aliphatic rings. The molecular formula is C78H51BN4. The van der Waals surface area contributed by atoms with E-state index in [1.165, 1.54) is 99.2 Å². The molecule has 386 valence electrons. The lowest BCUT2D eigenvalue weighted by molar-refractivity contribution is 1.17. The summed E-state index contributed by atoms with van der Waals surface area (Å²) in [5, 5.41) is 4.90. The molecule has 0 atom stereocenters. The monoisotopic (exact) mass is 1050 g/mol. The third-order valence-electron chi connectivity index (χ3n) is 17.5. The molecule has 2 aliphatic heterocycles. The van der Waals surface area contributed by atoms with Crippen LogP contribution >= 0.6 is 0 Å². The molecule has 0 aliphatic carbocycles. The predicted octanol–water partition coefficient (Wildman–Crippen LogP) is 18.6. The van der Waals surface area contributed by atoms with Crippen LogP contribution in [-0.4, -0.2) is 15.8 Å². The Morgan fingerprint density at radius 2 is 0.711 bits per heavy atom. The number of hydrogen-bond donors (Lipinski definition) is 0. The molecule has 83 heavy (non-hydrogen) atoms. The Balaban J connectivity index is 0.977. The number of anilines is 6. The van der Waals surface area contributed by atoms with Crippen LogP contribution in [0.3, 0.4) is 0 Å². The molecule has 0 saturated heterocycles. The summed E-state index contributed by atoms with van der Waals surface area (Å²) in [6, 6.07) is 114. The Morgan fingerprint density at radius 3 is 1.34 bits per heavy atom. The molecule has 13 aromatic carbocycles. The quantitative estimate of drug-likeness (QED) is 0.141. The van der Waals surface area contributed by atoms with Gasteiger partial charge in [0.25, 0.3) is 6.71 Å². The minimum absolute atomic E-state index is 0.130. The number of para-hydroxylation sites is 4. The van der Waals surface area contributed by atoms with Gasteiger partial charge in [0.05, 0.1) is 33.4 Å². The van der Waals surface area contributed by atoms with E-state index < -0.39 is 0 Å². The van der Waals surface area contributed by atoms with Crippen molar-refractivity contribution in [3.05, 3.63) is 309 Å². The van der Waals surface area contributed by atoms with Gasteiger partial charge in [-0.25, -0.2) is 0 Å². The largest absolute Gasteiger partial charge is 0.311 e. The topological polar surface area (TPSA) is 16.3 Å². The van der Waals surface area contributed by atoms with Crippen LogP contribution in [-0.2, 0) is 0 Å². The molecule has 0 unspecified atom stereocenters. The summed E-state index contributed by atoms with van der Waals surface area (Å²) >= 11 is 0. The zero-order valence-corrected chi connectivity index (χ0v) is 45.3. The molecular weight excluding hydrogens is 1000 g/mol. The van der Waals surface area contributed by atoms with E-state index in [9.17, 15) is 0 Å². The van der Waals surface area contributed by atoms with Crippen molar-refractivity contribution in [3.8, 4) is 55.9 Å². The number of rotatable bonds is 8. The molecule has 15 aromatic rings. The van der Waals surface area contributed by atoms with Crippen LogP contribution in [0.2, 0.25) is 0 Å². The lowest BCUT2D eigenvalue weighted by Gasteiger charge is -2.44. The zero-order chi connectivity index (χ0) is 54.5. The predicted molar refractivity (Wildman–Crippen MR) is 351 cm³/mol. The molecule has 0 bridgehead atoms. The van der Waals surface area contributed by atoms with Gasteiger partial charge < -0.3 is 18.9 Å². The molecule has 0 N–H and O–H groups in total. The Labute approximate surface area is 482 Å². The van der Waals surface area contributed by atoms with Gasteiger partial charge in [0.1, 0.15) is 0 Å². The second kappa shape index (κ2) is 18.9. The van der Waals surface area contributed by atoms with Gasteiger partial charge in [-0.3, -0.25) is 0 Å². The van der Waals surface area contributed by atoms with E-state index >= 15 is 0 Å². The summed E-state index contributed by atoms with van der Waals surface area (Å²) in [4.78, 5) is 5.14. The number of nitrogens with zero attached hydrogens (tertiary/aromatic N) is 4. The maximum Gasteiger partial charge on any atom is 0.252 e. The molecule has 0 saturated carbocycles. The minimum atomic E-state index is -0.130. The van der Waals surface area contributed by atoms with Crippen LogP contribution in [0, 0.1) is 0 Å². The van der Waals surface area contributed by atoms with Gasteiger partial charge in [0.15, 0.2) is 0 Å². The number of benzene rings is 13. The van der Waals surface area contributed by atoms with E-state index in [0.29, 0.717) is 0 Å². The molecule has 4 nitrogen and oxygen atoms in total. The number of aromatic nitrogens is 2. The Hall–Kier alpha value is -10.9. The number of hydrogen-bond acceptors (Lipinski definition) is 2. The summed E-state index contributed by atoms with van der Waals surface area (Å²) in [6.07, 6.45) is 0. The van der Waals surface area contributed by atoms with Crippen molar-refractivity contribution in [2.45, 2.75) is 0 Å². The highest BCUT2D eigenvalue weighted by Gasteiger charge is 2.44. The van der Waals surface area contributed by atoms with E-state index in [0.717, 1.165) is 50.8 Å². The summed E-state index contributed by atoms with van der Waals surface area (Å²) in [7, 11) is 0. The highest BCUT2D eigenvalue weighted by Crippen LogP contribution is 2.50. The molecule has 0 amide bonds. The maximum absolute atomic E-state index is 2.59. The minimum Gasteiger partial charge on any atom is -0.311 e. The molecule has 0 spiro atoms. The smallest absolute Gasteiger partial charge is 0.252 e. The Bertz CT molecular complexity index is 4920. The fourth-order valence-electron chi connectivity index (χ4n) is 14.0. The van der Waals surface area contributed by atoms with Crippen LogP contribution < -0.4 is 26.2 Å². The van der Waals surface area contributed by atoms with E-state index in [1.54, 1.807) is 0 Å². The van der Waals surface area contributed by atoms with Crippen LogP contribution in [0.15, 0.2) is 309 Å². The first-order chi connectivity index (χ1) is 41.2. The molecule has 2 aromatic heterocycles. The third-order valence-corrected chi connectivity index (χ3v) is 17.5. The highest BCUT2D eigenvalue weighted by molar-refractivity contribution is 7.00. The van der Waals surface area contributed by atoms with Crippen molar-refractivity contribution in [3.63, 3.8) is 0 Å². The summed E-state index contributed by atoms with van der Waals surface area (Å²) in [5.74, 6) is 0. The maximum atomic E-state index is 2.59. The van der Waals surface area contributed by atoms with E-state index in [1.807, 2.05) is 0 Å². The van der Waals surface area contributed by atoms with Crippen molar-refractivity contribution in [1.29, 1.82) is 0 Å². The average molecular weight is 1060 g/mol. The van der Waals surface area contributed by atoms with E-state index in [2.05, 4.69) is 328 Å². The second-order valence-corrected chi connectivity index (χ2v) is 21.9. The fourth-order valence-corrected chi connectivity index (χ4v) is 14.0. The average Bonchev–Trinajstić information content (AvgIpc) is 2.97. The lowest BCUT2D eigenvalue weighted by atomic mass is 9.33. The van der Waals surface area contributed by atoms with Gasteiger partial charge >= 0.3 is 0 Å². The van der Waals surface area contributed by atoms with E-state index in [4.69, 9.17) is 0 Å². The van der Waals surface area contributed by atoms with Crippen LogP contribution in [0.25, 0.3) is 99.5 Å². The Morgan fingerprint density at radius 1 is 0.241 bits per heavy atom. The first-order valence-electron chi connectivity index (χ1n) is 28.7. The molecule has 0 radical (unpaired) electrons. The Kier molecular flexibility index (Phi) is 10.7. The lowest BCUT2D eigenvalue weighted by Crippen LogP contribution is -2.61. The highest BCUT2D eigenvalue weighted by atomic mass is 15.2. The summed E-state index contributed by atoms with van der Waals surface area (Å²) < 4.78 is 5.02. The van der Waals surface area contributed by atoms with Crippen LogP contribution in [0.4, 0.5) is 34.1 Å². The van der Waals surface area contributed by atoms with Gasteiger partial charge in [-0.1, -0.05) is 237 Å². The number of fused-ring (bicyclic) bond motifs is 11. The molecule has 0 fully saturated rings. The standard InChI is InChI=1S/C78H51BN4/c1-5-22-52(23-6-1)54-42-44-58(45-43-54)82-73-41-21-40-72-76(73)79(67-48-49-71-75(78(67)82)65-34-15-18-39-70(65)83(71)77-61(55-26-9-3-10-27-55)35-20-36-62(77)56-28-11-4-12-29-56)66-47-46-60(80-68-37-16-13-32-63(68)64-33-14-17-38-69(64)80)51-74(66)81(72)59-31-19-30-57(50-59)53-24-7-2-8-25-53/h1-51H. The van der Waals surface area contributed by atoms with Crippen LogP contribution in [0.1, 0.15) is 0 Å². The van der Waals surface area contributed by atoms with Crippen molar-refractivity contribution >= 4 is 101 Å². The summed E-state index contributed by atoms with van der Waals surface area (Å²) in [5.41, 5.74) is 27.0. The zero-order valence-electron chi connectivity index (χ0n) is 45.3. The fraction of sp³-hybridized carbons (Fsp3) is 0. The van der Waals surface area contributed by atoms with Crippen molar-refractivity contribution in [2.24, 2.45) is 0 Å². The van der Waals surface area contributed by atoms with Crippen LogP contribution in [0.5, 0.6) is 0 Å². The first kappa shape index (κ1) is 47.0. The van der Waals surface area contributed by atoms with Gasteiger partial charge in [-0.05, 0) is 123 Å². The van der Waals surface area contributed by atoms with E-state index in [-0.39, 0.29) is 6.71 Å². The van der Waals surface area contributed by atoms with Gasteiger partial charge in [-0.15, -0.1) is 0 Å². The first-order valence-corrected chi connectivity index (χ1v) is 28.7. The van der Waals surface area contributed by atoms with Crippen molar-refractivity contribution < 1.29 is 0 Å².